The van der Waals surface area contributed by atoms with Crippen molar-refractivity contribution in [3.63, 3.8) is 0 Å². The number of pyridine rings is 1. The first-order valence-corrected chi connectivity index (χ1v) is 17.5. The molecule has 0 saturated heterocycles. The van der Waals surface area contributed by atoms with E-state index in [0.717, 1.165) is 51.4 Å². The molecule has 0 amide bonds. The summed E-state index contributed by atoms with van der Waals surface area (Å²) in [5.41, 5.74) is 3.51. The van der Waals surface area contributed by atoms with Crippen LogP contribution in [0.25, 0.3) is 21.3 Å². The largest absolute Gasteiger partial charge is 0.477 e. The molecule has 1 N–H and O–H groups in total. The second-order valence-electron chi connectivity index (χ2n) is 13.1. The minimum absolute atomic E-state index is 0.0513. The van der Waals surface area contributed by atoms with E-state index < -0.39 is 23.5 Å². The average molecular weight is 689 g/mol. The van der Waals surface area contributed by atoms with E-state index in [2.05, 4.69) is 90.7 Å². The molecule has 2 aromatic heterocycles. The number of hydrogen-bond donors (Lipinski definition) is 1. The van der Waals surface area contributed by atoms with Crippen LogP contribution in [0.4, 0.5) is 8.78 Å². The Balaban J connectivity index is 1.30. The zero-order valence-corrected chi connectivity index (χ0v) is 28.1. The Hall–Kier alpha value is -5.12. The number of carbonyl (C=O) groups is 1. The summed E-state index contributed by atoms with van der Waals surface area (Å²) in [5.74, 6) is -1.36. The number of carboxylic acids is 1. The highest BCUT2D eigenvalue weighted by molar-refractivity contribution is 7.15. The molecule has 9 heteroatoms. The minimum atomic E-state index is -3.14. The molecular formula is C41H34F2N2O4S. The maximum absolute atomic E-state index is 14.1. The van der Waals surface area contributed by atoms with Gasteiger partial charge in [-0.25, -0.2) is 4.79 Å². The van der Waals surface area contributed by atoms with Crippen LogP contribution in [0.15, 0.2) is 120 Å². The molecule has 0 spiro atoms. The summed E-state index contributed by atoms with van der Waals surface area (Å²) in [7, 11) is 0. The van der Waals surface area contributed by atoms with E-state index in [4.69, 9.17) is 4.74 Å². The van der Waals surface area contributed by atoms with Crippen LogP contribution in [0, 0.1) is 0 Å². The lowest BCUT2D eigenvalue weighted by atomic mass is 9.74. The van der Waals surface area contributed by atoms with Crippen molar-refractivity contribution in [3.05, 3.63) is 158 Å². The fourth-order valence-corrected chi connectivity index (χ4v) is 9.06. The van der Waals surface area contributed by atoms with Crippen molar-refractivity contribution in [2.45, 2.75) is 50.4 Å². The molecule has 0 radical (unpaired) electrons. The number of aromatic carboxylic acids is 1. The molecule has 2 aliphatic rings. The highest BCUT2D eigenvalue weighted by Gasteiger charge is 2.45. The number of benzene rings is 4. The van der Waals surface area contributed by atoms with Gasteiger partial charge >= 0.3 is 12.6 Å². The molecule has 1 aliphatic heterocycles. The highest BCUT2D eigenvalue weighted by Crippen LogP contribution is 2.50. The molecule has 1 fully saturated rings. The Kier molecular flexibility index (Phi) is 8.12. The van der Waals surface area contributed by atoms with Gasteiger partial charge in [0.1, 0.15) is 5.56 Å². The predicted molar refractivity (Wildman–Crippen MR) is 191 cm³/mol. The van der Waals surface area contributed by atoms with Gasteiger partial charge in [-0.05, 0) is 59.2 Å². The molecule has 1 aliphatic carbocycles. The highest BCUT2D eigenvalue weighted by atomic mass is 32.1. The molecule has 252 valence electrons. The fraction of sp³-hybridized carbons (Fsp3) is 0.220. The number of halogens is 2. The molecule has 6 nitrogen and oxygen atoms in total. The van der Waals surface area contributed by atoms with E-state index >= 15 is 0 Å². The number of rotatable bonds is 9. The summed E-state index contributed by atoms with van der Waals surface area (Å²) < 4.78 is 35.2. The second kappa shape index (κ2) is 12.6. The Morgan fingerprint density at radius 2 is 1.48 bits per heavy atom. The lowest BCUT2D eigenvalue weighted by molar-refractivity contribution is -0.0486. The van der Waals surface area contributed by atoms with Crippen molar-refractivity contribution < 1.29 is 23.4 Å². The first kappa shape index (κ1) is 32.1. The molecule has 1 atom stereocenters. The first-order valence-electron chi connectivity index (χ1n) is 16.7. The molecule has 1 unspecified atom stereocenters. The second-order valence-corrected chi connectivity index (χ2v) is 14.2. The topological polar surface area (TPSA) is 71.8 Å². The average Bonchev–Trinajstić information content (AvgIpc) is 3.88. The van der Waals surface area contributed by atoms with Gasteiger partial charge in [0.25, 0.3) is 0 Å². The van der Waals surface area contributed by atoms with Gasteiger partial charge in [0.15, 0.2) is 5.75 Å². The molecule has 0 bridgehead atoms. The molecule has 8 rings (SSSR count). The molecular weight excluding hydrogens is 655 g/mol. The van der Waals surface area contributed by atoms with Gasteiger partial charge in [-0.15, -0.1) is 11.3 Å². The summed E-state index contributed by atoms with van der Waals surface area (Å²) >= 11 is 1.54. The van der Waals surface area contributed by atoms with Gasteiger partial charge in [-0.3, -0.25) is 9.69 Å². The van der Waals surface area contributed by atoms with E-state index in [1.807, 2.05) is 18.2 Å². The standard InChI is InChI=1S/C41H34F2N2O4S/c1-25-22-44(41(26-11-5-2-6-12-26,27-13-7-3-8-14-27)28-15-9-4-10-16-28)24-35-32(25)21-34(50-35)30-19-20-31-36(38(30)49-40(42)43)45(29-17-18-29)23-33(37(31)46)39(47)48/h2-16,19-21,23,25,29,40H,17-18,22,24H2,1H3,(H,47,48). The molecule has 50 heavy (non-hydrogen) atoms. The van der Waals surface area contributed by atoms with Crippen LogP contribution in [0.5, 0.6) is 5.75 Å². The maximum Gasteiger partial charge on any atom is 0.387 e. The zero-order chi connectivity index (χ0) is 34.6. The van der Waals surface area contributed by atoms with Gasteiger partial charge < -0.3 is 14.4 Å². The van der Waals surface area contributed by atoms with Crippen molar-refractivity contribution in [1.82, 2.24) is 9.47 Å². The number of thiophene rings is 1. The van der Waals surface area contributed by atoms with Crippen molar-refractivity contribution >= 4 is 28.2 Å². The third kappa shape index (κ3) is 5.32. The third-order valence-corrected chi connectivity index (χ3v) is 11.2. The van der Waals surface area contributed by atoms with Crippen LogP contribution >= 0.6 is 11.3 Å². The van der Waals surface area contributed by atoms with Crippen LogP contribution < -0.4 is 10.2 Å². The van der Waals surface area contributed by atoms with Crippen LogP contribution in [0.1, 0.15) is 69.2 Å². The maximum atomic E-state index is 14.1. The lowest BCUT2D eigenvalue weighted by Gasteiger charge is -2.48. The van der Waals surface area contributed by atoms with Crippen molar-refractivity contribution in [2.75, 3.05) is 6.54 Å². The van der Waals surface area contributed by atoms with E-state index in [0.29, 0.717) is 12.1 Å². The van der Waals surface area contributed by atoms with Crippen molar-refractivity contribution in [3.8, 4) is 16.2 Å². The lowest BCUT2D eigenvalue weighted by Crippen LogP contribution is -2.50. The number of fused-ring (bicyclic) bond motifs is 2. The Morgan fingerprint density at radius 1 is 0.900 bits per heavy atom. The van der Waals surface area contributed by atoms with Crippen LogP contribution in [-0.4, -0.2) is 33.7 Å². The van der Waals surface area contributed by atoms with Crippen LogP contribution in [0.2, 0.25) is 0 Å². The number of carboxylic acid groups (broad SMARTS) is 1. The van der Waals surface area contributed by atoms with Crippen molar-refractivity contribution in [2.24, 2.45) is 0 Å². The van der Waals surface area contributed by atoms with E-state index in [9.17, 15) is 23.5 Å². The fourth-order valence-electron chi connectivity index (χ4n) is 7.74. The van der Waals surface area contributed by atoms with E-state index in [1.165, 1.54) is 6.20 Å². The van der Waals surface area contributed by atoms with Gasteiger partial charge in [0.05, 0.1) is 16.4 Å². The normalized spacial score (nSPS) is 16.4. The number of ether oxygens (including phenoxy) is 1. The summed E-state index contributed by atoms with van der Waals surface area (Å²) in [6, 6.07) is 36.7. The predicted octanol–water partition coefficient (Wildman–Crippen LogP) is 9.28. The van der Waals surface area contributed by atoms with Gasteiger partial charge in [-0.2, -0.15) is 8.78 Å². The summed E-state index contributed by atoms with van der Waals surface area (Å²) in [4.78, 5) is 29.6. The number of aromatic nitrogens is 1. The van der Waals surface area contributed by atoms with Gasteiger partial charge in [0.2, 0.25) is 5.43 Å². The number of nitrogens with zero attached hydrogens (tertiary/aromatic N) is 2. The summed E-state index contributed by atoms with van der Waals surface area (Å²) in [6.45, 7) is 0.395. The molecule has 3 heterocycles. The monoisotopic (exact) mass is 688 g/mol. The van der Waals surface area contributed by atoms with Crippen LogP contribution in [0.3, 0.4) is 0 Å². The van der Waals surface area contributed by atoms with Gasteiger partial charge in [0, 0.05) is 40.6 Å². The molecule has 1 saturated carbocycles. The quantitative estimate of drug-likeness (QED) is 0.153. The van der Waals surface area contributed by atoms with E-state index in [-0.39, 0.29) is 34.2 Å². The minimum Gasteiger partial charge on any atom is -0.477 e. The number of hydrogen-bond acceptors (Lipinski definition) is 5. The first-order chi connectivity index (χ1) is 24.3. The molecule has 6 aromatic rings. The summed E-state index contributed by atoms with van der Waals surface area (Å²) in [5, 5.41) is 9.80. The van der Waals surface area contributed by atoms with E-state index in [1.54, 1.807) is 28.0 Å². The van der Waals surface area contributed by atoms with Gasteiger partial charge in [-0.1, -0.05) is 97.9 Å². The molecule has 4 aromatic carbocycles. The SMILES string of the molecule is CC1CN(C(c2ccccc2)(c2ccccc2)c2ccccc2)Cc2sc(-c3ccc4c(=O)c(C(=O)O)cn(C5CC5)c4c3OC(F)F)cc21. The Labute approximate surface area is 291 Å². The third-order valence-electron chi connectivity index (χ3n) is 10.0. The Bertz CT molecular complexity index is 2170. The van der Waals surface area contributed by atoms with Crippen molar-refractivity contribution in [1.29, 1.82) is 0 Å². The van der Waals surface area contributed by atoms with Crippen LogP contribution in [-0.2, 0) is 12.1 Å². The number of alkyl halides is 2. The smallest absolute Gasteiger partial charge is 0.387 e. The summed E-state index contributed by atoms with van der Waals surface area (Å²) in [6.07, 6.45) is 2.78. The zero-order valence-electron chi connectivity index (χ0n) is 27.3. The Morgan fingerprint density at radius 3 is 2.00 bits per heavy atom.